The van der Waals surface area contributed by atoms with Gasteiger partial charge in [0.05, 0.1) is 5.69 Å². The molecule has 1 aromatic heterocycles. The predicted octanol–water partition coefficient (Wildman–Crippen LogP) is 2.22. The lowest BCUT2D eigenvalue weighted by Gasteiger charge is -2.20. The summed E-state index contributed by atoms with van der Waals surface area (Å²) in [5.41, 5.74) is 6.96. The van der Waals surface area contributed by atoms with Crippen LogP contribution < -0.4 is 5.32 Å². The van der Waals surface area contributed by atoms with E-state index < -0.39 is 0 Å². The number of aryl methyl sites for hydroxylation is 2. The zero-order valence-electron chi connectivity index (χ0n) is 11.7. The Hall–Kier alpha value is -1.61. The van der Waals surface area contributed by atoms with E-state index in [4.69, 9.17) is 0 Å². The first-order valence-corrected chi connectivity index (χ1v) is 7.10. The van der Waals surface area contributed by atoms with E-state index in [1.165, 1.54) is 22.5 Å². The van der Waals surface area contributed by atoms with Crippen molar-refractivity contribution in [2.75, 3.05) is 6.54 Å². The van der Waals surface area contributed by atoms with Crippen molar-refractivity contribution in [3.63, 3.8) is 0 Å². The van der Waals surface area contributed by atoms with Gasteiger partial charge in [-0.25, -0.2) is 0 Å². The maximum atomic E-state index is 4.54. The van der Waals surface area contributed by atoms with Gasteiger partial charge in [0, 0.05) is 25.7 Å². The Balaban J connectivity index is 1.92. The molecule has 2 heterocycles. The highest BCUT2D eigenvalue weighted by atomic mass is 15.3. The summed E-state index contributed by atoms with van der Waals surface area (Å²) in [6.45, 7) is 4.26. The maximum Gasteiger partial charge on any atom is 0.0624 e. The summed E-state index contributed by atoms with van der Waals surface area (Å²) < 4.78 is 2.03. The third kappa shape index (κ3) is 2.43. The summed E-state index contributed by atoms with van der Waals surface area (Å²) in [5.74, 6) is 0. The fourth-order valence-corrected chi connectivity index (χ4v) is 2.88. The van der Waals surface area contributed by atoms with Crippen LogP contribution in [0.3, 0.4) is 0 Å². The van der Waals surface area contributed by atoms with Gasteiger partial charge in [-0.2, -0.15) is 5.10 Å². The molecule has 0 saturated carbocycles. The molecule has 0 aliphatic carbocycles. The summed E-state index contributed by atoms with van der Waals surface area (Å²) in [7, 11) is 2.05. The average Bonchev–Trinajstić information content (AvgIpc) is 2.80. The standard InChI is InChI=1S/C16H21N3/c1-3-14-10-15(19(2)18-14)9-12-5-4-6-13-11-17-8-7-16(12)13/h4-6,10,17H,3,7-9,11H2,1-2H3. The molecule has 100 valence electrons. The number of hydrogen-bond acceptors (Lipinski definition) is 2. The third-order valence-electron chi connectivity index (χ3n) is 4.00. The Labute approximate surface area is 114 Å². The van der Waals surface area contributed by atoms with Crippen LogP contribution >= 0.6 is 0 Å². The first-order valence-electron chi connectivity index (χ1n) is 7.10. The van der Waals surface area contributed by atoms with E-state index in [2.05, 4.69) is 41.6 Å². The van der Waals surface area contributed by atoms with Crippen molar-refractivity contribution in [3.8, 4) is 0 Å². The van der Waals surface area contributed by atoms with E-state index in [0.29, 0.717) is 0 Å². The summed E-state index contributed by atoms with van der Waals surface area (Å²) in [6.07, 6.45) is 3.14. The molecular formula is C16H21N3. The fraction of sp³-hybridized carbons (Fsp3) is 0.438. The van der Waals surface area contributed by atoms with E-state index >= 15 is 0 Å². The number of hydrogen-bond donors (Lipinski definition) is 1. The molecule has 0 radical (unpaired) electrons. The maximum absolute atomic E-state index is 4.54. The summed E-state index contributed by atoms with van der Waals surface area (Å²) >= 11 is 0. The molecule has 3 nitrogen and oxygen atoms in total. The molecule has 0 spiro atoms. The van der Waals surface area contributed by atoms with Crippen molar-refractivity contribution in [3.05, 3.63) is 52.3 Å². The molecule has 0 unspecified atom stereocenters. The molecule has 3 heteroatoms. The summed E-state index contributed by atoms with van der Waals surface area (Å²) in [5, 5.41) is 7.98. The van der Waals surface area contributed by atoms with Gasteiger partial charge in [0.25, 0.3) is 0 Å². The van der Waals surface area contributed by atoms with Crippen molar-refractivity contribution in [2.45, 2.75) is 32.7 Å². The van der Waals surface area contributed by atoms with Gasteiger partial charge in [0.1, 0.15) is 0 Å². The minimum absolute atomic E-state index is 0.993. The number of nitrogens with zero attached hydrogens (tertiary/aromatic N) is 2. The Morgan fingerprint density at radius 2 is 2.26 bits per heavy atom. The van der Waals surface area contributed by atoms with Crippen molar-refractivity contribution >= 4 is 0 Å². The molecule has 3 rings (SSSR count). The van der Waals surface area contributed by atoms with Crippen molar-refractivity contribution in [1.29, 1.82) is 0 Å². The van der Waals surface area contributed by atoms with Gasteiger partial charge in [0.15, 0.2) is 0 Å². The van der Waals surface area contributed by atoms with Crippen LogP contribution in [0.25, 0.3) is 0 Å². The molecule has 1 N–H and O–H groups in total. The molecule has 0 amide bonds. The normalized spacial score (nSPS) is 14.4. The van der Waals surface area contributed by atoms with Crippen molar-refractivity contribution < 1.29 is 0 Å². The van der Waals surface area contributed by atoms with Crippen LogP contribution in [0.4, 0.5) is 0 Å². The molecular weight excluding hydrogens is 234 g/mol. The first-order chi connectivity index (χ1) is 9.28. The predicted molar refractivity (Wildman–Crippen MR) is 77.2 cm³/mol. The molecule has 1 aliphatic rings. The topological polar surface area (TPSA) is 29.9 Å². The highest BCUT2D eigenvalue weighted by molar-refractivity contribution is 5.39. The number of aromatic nitrogens is 2. The average molecular weight is 255 g/mol. The van der Waals surface area contributed by atoms with Gasteiger partial charge < -0.3 is 5.32 Å². The minimum Gasteiger partial charge on any atom is -0.312 e. The van der Waals surface area contributed by atoms with Crippen LogP contribution in [0, 0.1) is 0 Å². The van der Waals surface area contributed by atoms with E-state index in [9.17, 15) is 0 Å². The molecule has 0 saturated heterocycles. The second-order valence-corrected chi connectivity index (χ2v) is 5.26. The first kappa shape index (κ1) is 12.4. The van der Waals surface area contributed by atoms with Gasteiger partial charge >= 0.3 is 0 Å². The third-order valence-corrected chi connectivity index (χ3v) is 4.00. The quantitative estimate of drug-likeness (QED) is 0.911. The van der Waals surface area contributed by atoms with Crippen LogP contribution in [-0.4, -0.2) is 16.3 Å². The van der Waals surface area contributed by atoms with Gasteiger partial charge in [-0.05, 0) is 42.1 Å². The Morgan fingerprint density at radius 1 is 1.37 bits per heavy atom. The fourth-order valence-electron chi connectivity index (χ4n) is 2.88. The van der Waals surface area contributed by atoms with Crippen LogP contribution in [-0.2, 0) is 32.9 Å². The molecule has 1 aliphatic heterocycles. The van der Waals surface area contributed by atoms with Crippen molar-refractivity contribution in [2.24, 2.45) is 7.05 Å². The molecule has 19 heavy (non-hydrogen) atoms. The van der Waals surface area contributed by atoms with Crippen molar-refractivity contribution in [1.82, 2.24) is 15.1 Å². The van der Waals surface area contributed by atoms with Gasteiger partial charge in [-0.15, -0.1) is 0 Å². The summed E-state index contributed by atoms with van der Waals surface area (Å²) in [6, 6.07) is 8.92. The monoisotopic (exact) mass is 255 g/mol. The molecule has 0 fully saturated rings. The minimum atomic E-state index is 0.993. The second kappa shape index (κ2) is 5.17. The van der Waals surface area contributed by atoms with Crippen LogP contribution in [0.15, 0.2) is 24.3 Å². The van der Waals surface area contributed by atoms with E-state index in [0.717, 1.165) is 32.4 Å². The van der Waals surface area contributed by atoms with Crippen LogP contribution in [0.5, 0.6) is 0 Å². The van der Waals surface area contributed by atoms with Gasteiger partial charge in [0.2, 0.25) is 0 Å². The second-order valence-electron chi connectivity index (χ2n) is 5.26. The lowest BCUT2D eigenvalue weighted by molar-refractivity contribution is 0.637. The van der Waals surface area contributed by atoms with Gasteiger partial charge in [-0.1, -0.05) is 25.1 Å². The molecule has 0 atom stereocenters. The lowest BCUT2D eigenvalue weighted by Crippen LogP contribution is -2.24. The smallest absolute Gasteiger partial charge is 0.0624 e. The van der Waals surface area contributed by atoms with Crippen LogP contribution in [0.1, 0.15) is 35.0 Å². The SMILES string of the molecule is CCc1cc(Cc2cccc3c2CCNC3)n(C)n1. The Bertz CT molecular complexity index is 584. The largest absolute Gasteiger partial charge is 0.312 e. The van der Waals surface area contributed by atoms with E-state index in [-0.39, 0.29) is 0 Å². The number of rotatable bonds is 3. The molecule has 2 aromatic rings. The molecule has 1 aromatic carbocycles. The number of nitrogens with one attached hydrogen (secondary N) is 1. The zero-order valence-corrected chi connectivity index (χ0v) is 11.7. The number of benzene rings is 1. The van der Waals surface area contributed by atoms with Gasteiger partial charge in [-0.3, -0.25) is 4.68 Å². The highest BCUT2D eigenvalue weighted by Gasteiger charge is 2.14. The Morgan fingerprint density at radius 3 is 3.05 bits per heavy atom. The zero-order chi connectivity index (χ0) is 13.2. The highest BCUT2D eigenvalue weighted by Crippen LogP contribution is 2.21. The molecule has 0 bridgehead atoms. The lowest BCUT2D eigenvalue weighted by atomic mass is 9.93. The Kier molecular flexibility index (Phi) is 3.38. The van der Waals surface area contributed by atoms with E-state index in [1.807, 2.05) is 11.7 Å². The van der Waals surface area contributed by atoms with E-state index in [1.54, 1.807) is 5.56 Å². The van der Waals surface area contributed by atoms with Crippen LogP contribution in [0.2, 0.25) is 0 Å². The number of fused-ring (bicyclic) bond motifs is 1. The summed E-state index contributed by atoms with van der Waals surface area (Å²) in [4.78, 5) is 0.